The Balaban J connectivity index is 1.24. The number of hydrogen-bond donors (Lipinski definition) is 0. The molecule has 0 radical (unpaired) electrons. The maximum atomic E-state index is 12.1. The summed E-state index contributed by atoms with van der Waals surface area (Å²) < 4.78 is 18.1. The van der Waals surface area contributed by atoms with Gasteiger partial charge in [0.15, 0.2) is 5.60 Å². The van der Waals surface area contributed by atoms with Gasteiger partial charge in [0.25, 0.3) is 0 Å². The highest BCUT2D eigenvalue weighted by Crippen LogP contribution is 2.79. The van der Waals surface area contributed by atoms with E-state index in [0.717, 1.165) is 32.1 Å². The molecule has 0 aromatic rings. The number of epoxide rings is 2. The molecule has 0 amide bonds. The topological polar surface area (TPSA) is 68.4 Å². The van der Waals surface area contributed by atoms with E-state index in [1.54, 1.807) is 6.08 Å². The summed E-state index contributed by atoms with van der Waals surface area (Å²) in [4.78, 5) is 23.8. The van der Waals surface area contributed by atoms with E-state index in [1.807, 2.05) is 6.08 Å². The average molecular weight is 398 g/mol. The van der Waals surface area contributed by atoms with Crippen molar-refractivity contribution < 1.29 is 23.8 Å². The maximum absolute atomic E-state index is 12.1. The predicted octanol–water partition coefficient (Wildman–Crippen LogP) is 3.55. The fourth-order valence-corrected chi connectivity index (χ4v) is 9.25. The van der Waals surface area contributed by atoms with Crippen molar-refractivity contribution in [2.45, 2.75) is 88.8 Å². The number of ether oxygens (including phenoxy) is 3. The Kier molecular flexibility index (Phi) is 3.01. The summed E-state index contributed by atoms with van der Waals surface area (Å²) in [5.74, 6) is 2.36. The van der Waals surface area contributed by atoms with Crippen LogP contribution >= 0.6 is 0 Å². The summed E-state index contributed by atoms with van der Waals surface area (Å²) in [5.41, 5.74) is -0.0950. The molecule has 5 heteroatoms. The minimum absolute atomic E-state index is 0.0312. The Morgan fingerprint density at radius 1 is 1.03 bits per heavy atom. The Labute approximate surface area is 171 Å². The lowest BCUT2D eigenvalue weighted by Gasteiger charge is -2.60. The van der Waals surface area contributed by atoms with Crippen molar-refractivity contribution in [2.75, 3.05) is 0 Å². The van der Waals surface area contributed by atoms with E-state index in [0.29, 0.717) is 41.0 Å². The quantitative estimate of drug-likeness (QED) is 0.499. The van der Waals surface area contributed by atoms with E-state index in [-0.39, 0.29) is 17.0 Å². The number of carbonyl (C=O) groups is 2. The van der Waals surface area contributed by atoms with Crippen molar-refractivity contribution in [3.8, 4) is 0 Å². The third-order valence-electron chi connectivity index (χ3n) is 10.8. The number of fused-ring (bicyclic) bond motifs is 4. The molecule has 0 aromatic heterocycles. The molecule has 0 aromatic carbocycles. The van der Waals surface area contributed by atoms with E-state index in [4.69, 9.17) is 14.2 Å². The lowest BCUT2D eigenvalue weighted by molar-refractivity contribution is -0.151. The van der Waals surface area contributed by atoms with Crippen LogP contribution in [-0.2, 0) is 23.8 Å². The first kappa shape index (κ1) is 17.5. The standard InChI is InChI=1S/C24H30O5/c1-21-8-5-14(25)11-13(21)3-4-16-15(21)6-9-22(2)17(12-18-24(16,22)28-18)23-10-7-19(26)27-20(23)29-23/h7,10,13,15-18,20H,3-6,8-9,11-12H2,1-2H3/t13-,15+,16-,17+,18-,20-,21+,22-,23+,24-/m1/s1. The molecule has 0 N–H and O–H groups in total. The molecule has 3 heterocycles. The second kappa shape index (κ2) is 4.99. The van der Waals surface area contributed by atoms with Crippen molar-refractivity contribution in [3.05, 3.63) is 12.2 Å². The van der Waals surface area contributed by atoms with Gasteiger partial charge in [-0.2, -0.15) is 0 Å². The van der Waals surface area contributed by atoms with Gasteiger partial charge in [0.2, 0.25) is 6.29 Å². The van der Waals surface area contributed by atoms with Gasteiger partial charge in [-0.25, -0.2) is 4.79 Å². The second-order valence-electron chi connectivity index (χ2n) is 11.5. The Morgan fingerprint density at radius 2 is 1.90 bits per heavy atom. The summed E-state index contributed by atoms with van der Waals surface area (Å²) in [6.07, 6.45) is 11.8. The van der Waals surface area contributed by atoms with E-state index in [1.165, 1.54) is 19.3 Å². The van der Waals surface area contributed by atoms with Crippen LogP contribution in [0.1, 0.15) is 65.2 Å². The van der Waals surface area contributed by atoms with Crippen LogP contribution in [0.25, 0.3) is 0 Å². The molecule has 6 fully saturated rings. The first-order valence-electron chi connectivity index (χ1n) is 11.6. The number of esters is 1. The highest BCUT2D eigenvalue weighted by molar-refractivity contribution is 5.84. The van der Waals surface area contributed by atoms with Crippen LogP contribution in [0.5, 0.6) is 0 Å². The normalized spacial score (nSPS) is 61.6. The lowest BCUT2D eigenvalue weighted by atomic mass is 9.44. The molecule has 29 heavy (non-hydrogen) atoms. The fourth-order valence-electron chi connectivity index (χ4n) is 9.25. The van der Waals surface area contributed by atoms with Crippen LogP contribution in [0.15, 0.2) is 12.2 Å². The summed E-state index contributed by atoms with van der Waals surface area (Å²) in [6, 6.07) is 0. The van der Waals surface area contributed by atoms with E-state index in [2.05, 4.69) is 13.8 Å². The Bertz CT molecular complexity index is 865. The Hall–Kier alpha value is -1.20. The van der Waals surface area contributed by atoms with Gasteiger partial charge in [-0.15, -0.1) is 0 Å². The van der Waals surface area contributed by atoms with Crippen molar-refractivity contribution >= 4 is 11.8 Å². The highest BCUT2D eigenvalue weighted by Gasteiger charge is 2.85. The molecule has 0 unspecified atom stereocenters. The Morgan fingerprint density at radius 3 is 2.72 bits per heavy atom. The monoisotopic (exact) mass is 398 g/mol. The molecule has 2 saturated heterocycles. The van der Waals surface area contributed by atoms with E-state index < -0.39 is 11.9 Å². The third kappa shape index (κ3) is 1.83. The van der Waals surface area contributed by atoms with Crippen molar-refractivity contribution in [1.82, 2.24) is 0 Å². The fraction of sp³-hybridized carbons (Fsp3) is 0.833. The molecule has 5 nitrogen and oxygen atoms in total. The van der Waals surface area contributed by atoms with Gasteiger partial charge in [-0.3, -0.25) is 4.79 Å². The summed E-state index contributed by atoms with van der Waals surface area (Å²) in [7, 11) is 0. The van der Waals surface area contributed by atoms with Crippen LogP contribution in [0.3, 0.4) is 0 Å². The van der Waals surface area contributed by atoms with Gasteiger partial charge in [0.1, 0.15) is 11.4 Å². The maximum Gasteiger partial charge on any atom is 0.332 e. The summed E-state index contributed by atoms with van der Waals surface area (Å²) in [5, 5.41) is 0. The van der Waals surface area contributed by atoms with Crippen molar-refractivity contribution in [3.63, 3.8) is 0 Å². The van der Waals surface area contributed by atoms with Crippen LogP contribution in [0.4, 0.5) is 0 Å². The van der Waals surface area contributed by atoms with Gasteiger partial charge >= 0.3 is 5.97 Å². The zero-order valence-corrected chi connectivity index (χ0v) is 17.3. The number of rotatable bonds is 1. The molecule has 7 aliphatic rings. The SMILES string of the molecule is C[C@]12CCC(=O)C[C@H]1CC[C@@H]1[C@@H]2CC[C@]2(C)[C@@H]([C@@]34C=CC(=O)O[C@@H]3O4)C[C@H]3O[C@]132. The third-order valence-corrected chi connectivity index (χ3v) is 10.8. The molecule has 4 saturated carbocycles. The van der Waals surface area contributed by atoms with Crippen LogP contribution in [-0.4, -0.2) is 35.3 Å². The molecular formula is C24H30O5. The largest absolute Gasteiger partial charge is 0.429 e. The molecule has 3 aliphatic heterocycles. The smallest absolute Gasteiger partial charge is 0.332 e. The van der Waals surface area contributed by atoms with Gasteiger partial charge < -0.3 is 14.2 Å². The molecular weight excluding hydrogens is 368 g/mol. The van der Waals surface area contributed by atoms with Crippen LogP contribution in [0.2, 0.25) is 0 Å². The second-order valence-corrected chi connectivity index (χ2v) is 11.5. The predicted molar refractivity (Wildman–Crippen MR) is 103 cm³/mol. The number of ketones is 1. The lowest BCUT2D eigenvalue weighted by Crippen LogP contribution is -2.59. The zero-order valence-electron chi connectivity index (χ0n) is 17.3. The first-order chi connectivity index (χ1) is 13.8. The van der Waals surface area contributed by atoms with Gasteiger partial charge in [-0.1, -0.05) is 13.8 Å². The number of Topliss-reactive ketones (excluding diaryl/α,β-unsaturated/α-hetero) is 1. The van der Waals surface area contributed by atoms with Crippen molar-refractivity contribution in [1.29, 1.82) is 0 Å². The molecule has 4 aliphatic carbocycles. The number of carbonyl (C=O) groups excluding carboxylic acids is 2. The van der Waals surface area contributed by atoms with Crippen LogP contribution < -0.4 is 0 Å². The highest BCUT2D eigenvalue weighted by atomic mass is 16.8. The van der Waals surface area contributed by atoms with Crippen molar-refractivity contribution in [2.24, 2.45) is 34.5 Å². The molecule has 0 bridgehead atoms. The van der Waals surface area contributed by atoms with Gasteiger partial charge in [0, 0.05) is 30.3 Å². The van der Waals surface area contributed by atoms with Gasteiger partial charge in [-0.05, 0) is 67.8 Å². The van der Waals surface area contributed by atoms with E-state index >= 15 is 0 Å². The average Bonchev–Trinajstić information content (AvgIpc) is 3.57. The molecule has 1 spiro atoms. The number of hydrogen-bond acceptors (Lipinski definition) is 5. The minimum atomic E-state index is -0.419. The van der Waals surface area contributed by atoms with Gasteiger partial charge in [0.05, 0.1) is 6.10 Å². The summed E-state index contributed by atoms with van der Waals surface area (Å²) >= 11 is 0. The minimum Gasteiger partial charge on any atom is -0.429 e. The molecule has 156 valence electrons. The first-order valence-corrected chi connectivity index (χ1v) is 11.6. The summed E-state index contributed by atoms with van der Waals surface area (Å²) in [6.45, 7) is 4.91. The molecule has 10 atom stereocenters. The van der Waals surface area contributed by atoms with E-state index in [9.17, 15) is 9.59 Å². The molecule has 7 rings (SSSR count). The van der Waals surface area contributed by atoms with Crippen LogP contribution in [0, 0.1) is 34.5 Å². The zero-order chi connectivity index (χ0) is 19.8.